The van der Waals surface area contributed by atoms with Crippen LogP contribution in [0.5, 0.6) is 0 Å². The number of esters is 1. The topological polar surface area (TPSA) is 72.4 Å². The zero-order chi connectivity index (χ0) is 17.9. The summed E-state index contributed by atoms with van der Waals surface area (Å²) in [4.78, 5) is 33.4. The highest BCUT2D eigenvalue weighted by atomic mass is 19.1. The van der Waals surface area contributed by atoms with Gasteiger partial charge in [0, 0.05) is 18.8 Å². The molecule has 1 aromatic carbocycles. The second kappa shape index (κ2) is 7.12. The first kappa shape index (κ1) is 17.5. The molecule has 0 aliphatic heterocycles. The maximum atomic E-state index is 14.1. The Balaban J connectivity index is 2.44. The molecule has 0 radical (unpaired) electrons. The van der Waals surface area contributed by atoms with Gasteiger partial charge in [0.05, 0.1) is 19.0 Å². The normalized spacial score (nSPS) is 11.7. The van der Waals surface area contributed by atoms with Crippen molar-refractivity contribution in [3.05, 3.63) is 59.2 Å². The highest BCUT2D eigenvalue weighted by molar-refractivity contribution is 5.95. The molecule has 2 rings (SSSR count). The van der Waals surface area contributed by atoms with Crippen LogP contribution < -0.4 is 0 Å². The number of carbonyl (C=O) groups is 2. The van der Waals surface area contributed by atoms with Crippen LogP contribution in [0, 0.1) is 18.6 Å². The summed E-state index contributed by atoms with van der Waals surface area (Å²) in [7, 11) is 2.37. The molecule has 0 spiro atoms. The summed E-state index contributed by atoms with van der Waals surface area (Å²) in [5.74, 6) is -3.16. The molecular formula is C16H15F2N3O3. The van der Waals surface area contributed by atoms with Gasteiger partial charge >= 0.3 is 5.97 Å². The molecule has 0 N–H and O–H groups in total. The molecule has 0 bridgehead atoms. The van der Waals surface area contributed by atoms with Gasteiger partial charge in [-0.05, 0) is 25.1 Å². The summed E-state index contributed by atoms with van der Waals surface area (Å²) in [6.07, 6.45) is 2.63. The average molecular weight is 335 g/mol. The Hall–Kier alpha value is -2.90. The van der Waals surface area contributed by atoms with E-state index in [1.165, 1.54) is 19.4 Å². The van der Waals surface area contributed by atoms with Crippen molar-refractivity contribution in [3.63, 3.8) is 0 Å². The molecule has 1 amide bonds. The van der Waals surface area contributed by atoms with Crippen LogP contribution in [0.4, 0.5) is 8.78 Å². The molecule has 0 fully saturated rings. The first-order valence-corrected chi connectivity index (χ1v) is 6.93. The lowest BCUT2D eigenvalue weighted by Crippen LogP contribution is -2.37. The zero-order valence-electron chi connectivity index (χ0n) is 13.3. The van der Waals surface area contributed by atoms with Crippen LogP contribution in [0.25, 0.3) is 0 Å². The largest absolute Gasteiger partial charge is 0.467 e. The molecule has 24 heavy (non-hydrogen) atoms. The summed E-state index contributed by atoms with van der Waals surface area (Å²) < 4.78 is 32.1. The molecule has 0 aliphatic carbocycles. The van der Waals surface area contributed by atoms with E-state index in [1.807, 2.05) is 0 Å². The number of hydrogen-bond acceptors (Lipinski definition) is 5. The number of hydrogen-bond donors (Lipinski definition) is 0. The summed E-state index contributed by atoms with van der Waals surface area (Å²) in [5.41, 5.74) is 0.265. The fourth-order valence-electron chi connectivity index (χ4n) is 2.13. The van der Waals surface area contributed by atoms with E-state index in [9.17, 15) is 18.4 Å². The second-order valence-electron chi connectivity index (χ2n) is 5.05. The zero-order valence-corrected chi connectivity index (χ0v) is 13.3. The molecule has 8 heteroatoms. The van der Waals surface area contributed by atoms with E-state index in [0.29, 0.717) is 5.69 Å². The number of benzene rings is 1. The summed E-state index contributed by atoms with van der Waals surface area (Å²) in [6, 6.07) is 1.19. The first-order chi connectivity index (χ1) is 11.3. The molecule has 1 aromatic heterocycles. The van der Waals surface area contributed by atoms with E-state index in [-0.39, 0.29) is 11.3 Å². The molecule has 1 unspecified atom stereocenters. The standard InChI is InChI=1S/C16H15F2N3O3/c1-9-7-20-13(8-19-9)15(22)21(2)14(16(23)24-3)11-6-10(17)4-5-12(11)18/h4-8,14H,1-3H3. The number of nitrogens with zero attached hydrogens (tertiary/aromatic N) is 3. The Bertz CT molecular complexity index is 766. The van der Waals surface area contributed by atoms with E-state index in [1.54, 1.807) is 6.92 Å². The molecule has 1 atom stereocenters. The van der Waals surface area contributed by atoms with Gasteiger partial charge in [-0.15, -0.1) is 0 Å². The number of amides is 1. The lowest BCUT2D eigenvalue weighted by atomic mass is 10.0. The molecular weight excluding hydrogens is 320 g/mol. The average Bonchev–Trinajstić information content (AvgIpc) is 2.57. The quantitative estimate of drug-likeness (QED) is 0.800. The number of carbonyl (C=O) groups excluding carboxylic acids is 2. The van der Waals surface area contributed by atoms with Crippen LogP contribution in [0.1, 0.15) is 27.8 Å². The summed E-state index contributed by atoms with van der Waals surface area (Å²) >= 11 is 0. The number of methoxy groups -OCH3 is 1. The van der Waals surface area contributed by atoms with Crippen molar-refractivity contribution in [3.8, 4) is 0 Å². The number of likely N-dealkylation sites (N-methyl/N-ethyl adjacent to an activating group) is 1. The third-order valence-electron chi connectivity index (χ3n) is 3.38. The molecule has 2 aromatic rings. The van der Waals surface area contributed by atoms with E-state index in [0.717, 1.165) is 30.2 Å². The minimum absolute atomic E-state index is 0.0335. The van der Waals surface area contributed by atoms with E-state index >= 15 is 0 Å². The van der Waals surface area contributed by atoms with E-state index < -0.39 is 29.6 Å². The number of aryl methyl sites for hydroxylation is 1. The van der Waals surface area contributed by atoms with Crippen molar-refractivity contribution in [2.45, 2.75) is 13.0 Å². The van der Waals surface area contributed by atoms with Crippen LogP contribution >= 0.6 is 0 Å². The summed E-state index contributed by atoms with van der Waals surface area (Å²) in [6.45, 7) is 1.70. The van der Waals surface area contributed by atoms with Gasteiger partial charge in [0.1, 0.15) is 17.3 Å². The van der Waals surface area contributed by atoms with Crippen molar-refractivity contribution in [1.29, 1.82) is 0 Å². The second-order valence-corrected chi connectivity index (χ2v) is 5.05. The number of halogens is 2. The lowest BCUT2D eigenvalue weighted by Gasteiger charge is -2.26. The highest BCUT2D eigenvalue weighted by Crippen LogP contribution is 2.25. The molecule has 0 saturated heterocycles. The minimum Gasteiger partial charge on any atom is -0.467 e. The molecule has 6 nitrogen and oxygen atoms in total. The molecule has 1 heterocycles. The number of aromatic nitrogens is 2. The number of ether oxygens (including phenoxy) is 1. The van der Waals surface area contributed by atoms with Crippen LogP contribution in [0.3, 0.4) is 0 Å². The lowest BCUT2D eigenvalue weighted by molar-refractivity contribution is -0.146. The van der Waals surface area contributed by atoms with Crippen molar-refractivity contribution in [1.82, 2.24) is 14.9 Å². The van der Waals surface area contributed by atoms with Gasteiger partial charge in [0.15, 0.2) is 6.04 Å². The fraction of sp³-hybridized carbons (Fsp3) is 0.250. The Morgan fingerprint density at radius 3 is 2.50 bits per heavy atom. The minimum atomic E-state index is -1.46. The van der Waals surface area contributed by atoms with E-state index in [4.69, 9.17) is 0 Å². The smallest absolute Gasteiger partial charge is 0.333 e. The third-order valence-corrected chi connectivity index (χ3v) is 3.38. The third kappa shape index (κ3) is 3.53. The van der Waals surface area contributed by atoms with Crippen molar-refractivity contribution < 1.29 is 23.1 Å². The molecule has 0 saturated carbocycles. The maximum absolute atomic E-state index is 14.1. The van der Waals surface area contributed by atoms with Gasteiger partial charge in [-0.3, -0.25) is 9.78 Å². The predicted octanol–water partition coefficient (Wildman–Crippen LogP) is 2.05. The van der Waals surface area contributed by atoms with Gasteiger partial charge in [0.25, 0.3) is 5.91 Å². The maximum Gasteiger partial charge on any atom is 0.333 e. The van der Waals surface area contributed by atoms with Gasteiger partial charge < -0.3 is 9.64 Å². The van der Waals surface area contributed by atoms with Crippen molar-refractivity contribution >= 4 is 11.9 Å². The van der Waals surface area contributed by atoms with Crippen LogP contribution in [-0.2, 0) is 9.53 Å². The van der Waals surface area contributed by atoms with Crippen molar-refractivity contribution in [2.75, 3.05) is 14.2 Å². The molecule has 126 valence electrons. The Kier molecular flexibility index (Phi) is 5.18. The first-order valence-electron chi connectivity index (χ1n) is 6.93. The van der Waals surface area contributed by atoms with Crippen molar-refractivity contribution in [2.24, 2.45) is 0 Å². The predicted molar refractivity (Wildman–Crippen MR) is 80.0 cm³/mol. The Morgan fingerprint density at radius 2 is 1.92 bits per heavy atom. The Labute approximate surface area is 137 Å². The van der Waals surface area contributed by atoms with Gasteiger partial charge in [-0.2, -0.15) is 0 Å². The molecule has 0 aliphatic rings. The van der Waals surface area contributed by atoms with Crippen LogP contribution in [0.2, 0.25) is 0 Å². The summed E-state index contributed by atoms with van der Waals surface area (Å²) in [5, 5.41) is 0. The fourth-order valence-corrected chi connectivity index (χ4v) is 2.13. The Morgan fingerprint density at radius 1 is 1.21 bits per heavy atom. The van der Waals surface area contributed by atoms with Crippen LogP contribution in [-0.4, -0.2) is 40.9 Å². The SMILES string of the molecule is COC(=O)C(c1cc(F)ccc1F)N(C)C(=O)c1cnc(C)cn1. The van der Waals surface area contributed by atoms with Gasteiger partial charge in [0.2, 0.25) is 0 Å². The van der Waals surface area contributed by atoms with Gasteiger partial charge in [-0.25, -0.2) is 18.6 Å². The van der Waals surface area contributed by atoms with Gasteiger partial charge in [-0.1, -0.05) is 0 Å². The van der Waals surface area contributed by atoms with Crippen LogP contribution in [0.15, 0.2) is 30.6 Å². The monoisotopic (exact) mass is 335 g/mol. The van der Waals surface area contributed by atoms with E-state index in [2.05, 4.69) is 14.7 Å². The number of rotatable bonds is 4. The highest BCUT2D eigenvalue weighted by Gasteiger charge is 2.33.